The van der Waals surface area contributed by atoms with E-state index in [-0.39, 0.29) is 17.8 Å². The molecule has 5 heteroatoms. The van der Waals surface area contributed by atoms with E-state index in [1.807, 2.05) is 0 Å². The number of hydrogen-bond acceptors (Lipinski definition) is 3. The lowest BCUT2D eigenvalue weighted by Gasteiger charge is -2.02. The molecule has 0 aliphatic rings. The number of rotatable bonds is 3. The number of carbonyl (C=O) groups excluding carboxylic acids is 1. The molecule has 1 aromatic carbocycles. The Morgan fingerprint density at radius 1 is 1.50 bits per heavy atom. The van der Waals surface area contributed by atoms with Gasteiger partial charge in [0.25, 0.3) is 0 Å². The largest absolute Gasteiger partial charge is 0.294 e. The highest BCUT2D eigenvalue weighted by atomic mass is 79.9. The molecule has 1 aromatic heterocycles. The molecule has 0 saturated heterocycles. The van der Waals surface area contributed by atoms with Crippen LogP contribution in [0.5, 0.6) is 0 Å². The Morgan fingerprint density at radius 3 is 3.00 bits per heavy atom. The van der Waals surface area contributed by atoms with Crippen LogP contribution >= 0.6 is 27.3 Å². The molecule has 0 radical (unpaired) electrons. The van der Waals surface area contributed by atoms with E-state index in [1.54, 1.807) is 23.7 Å². The molecule has 16 heavy (non-hydrogen) atoms. The summed E-state index contributed by atoms with van der Waals surface area (Å²) in [5.41, 5.74) is 0.101. The second-order valence-corrected chi connectivity index (χ2v) is 4.96. The predicted molar refractivity (Wildman–Crippen MR) is 64.2 cm³/mol. The summed E-state index contributed by atoms with van der Waals surface area (Å²) >= 11 is 4.44. The molecule has 0 aliphatic carbocycles. The van der Waals surface area contributed by atoms with E-state index in [9.17, 15) is 9.18 Å². The van der Waals surface area contributed by atoms with Crippen molar-refractivity contribution in [3.8, 4) is 0 Å². The van der Waals surface area contributed by atoms with E-state index in [1.165, 1.54) is 17.4 Å². The highest BCUT2D eigenvalue weighted by Crippen LogP contribution is 2.20. The van der Waals surface area contributed by atoms with E-state index >= 15 is 0 Å². The van der Waals surface area contributed by atoms with Crippen LogP contribution in [0.3, 0.4) is 0 Å². The molecule has 2 aromatic rings. The SMILES string of the molecule is O=C(Cc1nccs1)c1cccc(Br)c1F. The van der Waals surface area contributed by atoms with Crippen LogP contribution in [-0.4, -0.2) is 10.8 Å². The first-order valence-corrected chi connectivity index (χ1v) is 6.21. The third-order valence-corrected chi connectivity index (χ3v) is 3.44. The molecule has 2 rings (SSSR count). The van der Waals surface area contributed by atoms with Crippen molar-refractivity contribution in [1.82, 2.24) is 4.98 Å². The van der Waals surface area contributed by atoms with Crippen molar-refractivity contribution in [1.29, 1.82) is 0 Å². The number of benzene rings is 1. The second kappa shape index (κ2) is 4.84. The summed E-state index contributed by atoms with van der Waals surface area (Å²) in [5, 5.41) is 2.49. The van der Waals surface area contributed by atoms with Gasteiger partial charge in [0.05, 0.1) is 16.5 Å². The van der Waals surface area contributed by atoms with E-state index in [0.717, 1.165) is 0 Å². The Morgan fingerprint density at radius 2 is 2.31 bits per heavy atom. The first-order valence-electron chi connectivity index (χ1n) is 4.54. The zero-order valence-electron chi connectivity index (χ0n) is 8.11. The van der Waals surface area contributed by atoms with Crippen molar-refractivity contribution in [2.24, 2.45) is 0 Å². The molecule has 0 atom stereocenters. The molecule has 0 bridgehead atoms. The fraction of sp³-hybridized carbons (Fsp3) is 0.0909. The highest BCUT2D eigenvalue weighted by Gasteiger charge is 2.15. The van der Waals surface area contributed by atoms with E-state index in [4.69, 9.17) is 0 Å². The Kier molecular flexibility index (Phi) is 3.46. The maximum atomic E-state index is 13.6. The van der Waals surface area contributed by atoms with Crippen molar-refractivity contribution >= 4 is 33.0 Å². The average molecular weight is 300 g/mol. The molecule has 0 saturated carbocycles. The van der Waals surface area contributed by atoms with Crippen molar-refractivity contribution in [2.45, 2.75) is 6.42 Å². The van der Waals surface area contributed by atoms with Gasteiger partial charge in [0.2, 0.25) is 0 Å². The van der Waals surface area contributed by atoms with E-state index in [0.29, 0.717) is 9.48 Å². The predicted octanol–water partition coefficient (Wildman–Crippen LogP) is 3.47. The van der Waals surface area contributed by atoms with Crippen LogP contribution in [-0.2, 0) is 6.42 Å². The molecule has 0 spiro atoms. The zero-order chi connectivity index (χ0) is 11.5. The number of aromatic nitrogens is 1. The zero-order valence-corrected chi connectivity index (χ0v) is 10.5. The van der Waals surface area contributed by atoms with Crippen LogP contribution in [0.2, 0.25) is 0 Å². The van der Waals surface area contributed by atoms with Crippen LogP contribution in [0, 0.1) is 5.82 Å². The van der Waals surface area contributed by atoms with Crippen molar-refractivity contribution < 1.29 is 9.18 Å². The lowest BCUT2D eigenvalue weighted by Crippen LogP contribution is -2.06. The monoisotopic (exact) mass is 299 g/mol. The number of halogens is 2. The summed E-state index contributed by atoms with van der Waals surface area (Å²) in [5.74, 6) is -0.766. The average Bonchev–Trinajstić information content (AvgIpc) is 2.74. The van der Waals surface area contributed by atoms with Crippen molar-refractivity contribution in [3.63, 3.8) is 0 Å². The van der Waals surface area contributed by atoms with Gasteiger partial charge in [-0.2, -0.15) is 0 Å². The van der Waals surface area contributed by atoms with Gasteiger partial charge in [-0.15, -0.1) is 11.3 Å². The van der Waals surface area contributed by atoms with Gasteiger partial charge < -0.3 is 0 Å². The van der Waals surface area contributed by atoms with Gasteiger partial charge in [0.15, 0.2) is 5.78 Å². The Bertz CT molecular complexity index is 513. The molecule has 0 fully saturated rings. The van der Waals surface area contributed by atoms with Crippen LogP contribution in [0.4, 0.5) is 4.39 Å². The minimum Gasteiger partial charge on any atom is -0.294 e. The number of hydrogen-bond donors (Lipinski definition) is 0. The van der Waals surface area contributed by atoms with Gasteiger partial charge in [-0.3, -0.25) is 4.79 Å². The molecular weight excluding hydrogens is 293 g/mol. The number of thiazole rings is 1. The van der Waals surface area contributed by atoms with Crippen LogP contribution in [0.25, 0.3) is 0 Å². The first-order chi connectivity index (χ1) is 7.68. The summed E-state index contributed by atoms with van der Waals surface area (Å²) in [6.07, 6.45) is 1.77. The third kappa shape index (κ3) is 2.36. The lowest BCUT2D eigenvalue weighted by molar-refractivity contribution is 0.0989. The first kappa shape index (κ1) is 11.4. The van der Waals surface area contributed by atoms with E-state index < -0.39 is 5.82 Å². The van der Waals surface area contributed by atoms with Gasteiger partial charge in [-0.05, 0) is 28.1 Å². The van der Waals surface area contributed by atoms with Gasteiger partial charge in [-0.25, -0.2) is 9.37 Å². The van der Waals surface area contributed by atoms with Gasteiger partial charge >= 0.3 is 0 Å². The molecular formula is C11H7BrFNOS. The van der Waals surface area contributed by atoms with Gasteiger partial charge in [0.1, 0.15) is 10.8 Å². The summed E-state index contributed by atoms with van der Waals surface area (Å²) in [4.78, 5) is 15.8. The molecule has 0 amide bonds. The van der Waals surface area contributed by atoms with Gasteiger partial charge in [0, 0.05) is 11.6 Å². The Hall–Kier alpha value is -1.07. The summed E-state index contributed by atoms with van der Waals surface area (Å²) < 4.78 is 13.9. The van der Waals surface area contributed by atoms with Crippen LogP contribution in [0.15, 0.2) is 34.2 Å². The number of carbonyl (C=O) groups is 1. The summed E-state index contributed by atoms with van der Waals surface area (Å²) in [6, 6.07) is 4.69. The Balaban J connectivity index is 2.24. The Labute approximate surface area is 104 Å². The normalized spacial score (nSPS) is 10.4. The quantitative estimate of drug-likeness (QED) is 0.812. The fourth-order valence-electron chi connectivity index (χ4n) is 1.29. The molecule has 2 nitrogen and oxygen atoms in total. The van der Waals surface area contributed by atoms with Gasteiger partial charge in [-0.1, -0.05) is 6.07 Å². The topological polar surface area (TPSA) is 30.0 Å². The van der Waals surface area contributed by atoms with E-state index in [2.05, 4.69) is 20.9 Å². The standard InChI is InChI=1S/C11H7BrFNOS/c12-8-3-1-2-7(11(8)13)9(15)6-10-14-4-5-16-10/h1-5H,6H2. The molecule has 1 heterocycles. The smallest absolute Gasteiger partial charge is 0.172 e. The molecule has 0 aliphatic heterocycles. The van der Waals surface area contributed by atoms with Crippen molar-refractivity contribution in [2.75, 3.05) is 0 Å². The highest BCUT2D eigenvalue weighted by molar-refractivity contribution is 9.10. The summed E-state index contributed by atoms with van der Waals surface area (Å²) in [7, 11) is 0. The molecule has 0 unspecified atom stereocenters. The lowest BCUT2D eigenvalue weighted by atomic mass is 10.1. The minimum absolute atomic E-state index is 0.101. The number of nitrogens with zero attached hydrogens (tertiary/aromatic N) is 1. The number of ketones is 1. The van der Waals surface area contributed by atoms with Crippen LogP contribution in [0.1, 0.15) is 15.4 Å². The summed E-state index contributed by atoms with van der Waals surface area (Å²) in [6.45, 7) is 0. The third-order valence-electron chi connectivity index (χ3n) is 2.05. The maximum Gasteiger partial charge on any atom is 0.172 e. The molecule has 0 N–H and O–H groups in total. The molecule has 82 valence electrons. The fourth-order valence-corrected chi connectivity index (χ4v) is 2.27. The minimum atomic E-state index is -0.510. The maximum absolute atomic E-state index is 13.6. The second-order valence-electron chi connectivity index (χ2n) is 3.13. The number of Topliss-reactive ketones (excluding diaryl/α,β-unsaturated/α-hetero) is 1. The van der Waals surface area contributed by atoms with Crippen molar-refractivity contribution in [3.05, 3.63) is 50.6 Å². The van der Waals surface area contributed by atoms with Crippen LogP contribution < -0.4 is 0 Å².